The van der Waals surface area contributed by atoms with Crippen LogP contribution >= 0.6 is 11.6 Å². The average Bonchev–Trinajstić information content (AvgIpc) is 2.65. The third-order valence-electron chi connectivity index (χ3n) is 3.96. The van der Waals surface area contributed by atoms with Crippen LogP contribution in [0.4, 0.5) is 0 Å². The van der Waals surface area contributed by atoms with Gasteiger partial charge < -0.3 is 5.11 Å². The van der Waals surface area contributed by atoms with Crippen LogP contribution in [0.3, 0.4) is 0 Å². The molecule has 6 nitrogen and oxygen atoms in total. The monoisotopic (exact) mass is 300 g/mol. The number of nitrogens with zero attached hydrogens (tertiary/aromatic N) is 4. The first-order chi connectivity index (χ1) is 9.40. The van der Waals surface area contributed by atoms with Gasteiger partial charge in [0, 0.05) is 45.3 Å². The van der Waals surface area contributed by atoms with E-state index in [1.165, 1.54) is 0 Å². The first-order valence-electron chi connectivity index (χ1n) is 6.77. The van der Waals surface area contributed by atoms with Gasteiger partial charge in [-0.05, 0) is 13.8 Å². The van der Waals surface area contributed by atoms with E-state index in [1.807, 2.05) is 18.9 Å². The van der Waals surface area contributed by atoms with Crippen LogP contribution in [0.5, 0.6) is 0 Å². The minimum absolute atomic E-state index is 0.416. The van der Waals surface area contributed by atoms with E-state index < -0.39 is 12.0 Å². The van der Waals surface area contributed by atoms with Crippen LogP contribution in [0.25, 0.3) is 0 Å². The van der Waals surface area contributed by atoms with Gasteiger partial charge in [-0.1, -0.05) is 11.6 Å². The highest BCUT2D eigenvalue weighted by Crippen LogP contribution is 2.21. The summed E-state index contributed by atoms with van der Waals surface area (Å²) >= 11 is 6.24. The molecule has 1 aliphatic rings. The summed E-state index contributed by atoms with van der Waals surface area (Å²) < 4.78 is 1.69. The zero-order chi connectivity index (χ0) is 14.9. The quantitative estimate of drug-likeness (QED) is 0.898. The van der Waals surface area contributed by atoms with Crippen molar-refractivity contribution >= 4 is 17.6 Å². The van der Waals surface area contributed by atoms with Gasteiger partial charge in [-0.25, -0.2) is 0 Å². The summed E-state index contributed by atoms with van der Waals surface area (Å²) in [4.78, 5) is 15.3. The van der Waals surface area contributed by atoms with Crippen molar-refractivity contribution in [2.75, 3.05) is 26.2 Å². The summed E-state index contributed by atoms with van der Waals surface area (Å²) in [7, 11) is 1.84. The molecule has 0 aliphatic carbocycles. The van der Waals surface area contributed by atoms with Crippen LogP contribution in [0.15, 0.2) is 0 Å². The lowest BCUT2D eigenvalue weighted by Crippen LogP contribution is -2.51. The highest BCUT2D eigenvalue weighted by atomic mass is 35.5. The normalized spacial score (nSPS) is 19.2. The van der Waals surface area contributed by atoms with Crippen molar-refractivity contribution < 1.29 is 9.90 Å². The fraction of sp³-hybridized carbons (Fsp3) is 0.692. The van der Waals surface area contributed by atoms with E-state index in [1.54, 1.807) is 11.6 Å². The lowest BCUT2D eigenvalue weighted by Gasteiger charge is -2.36. The van der Waals surface area contributed by atoms with Gasteiger partial charge in [-0.2, -0.15) is 5.10 Å². The molecule has 1 atom stereocenters. The van der Waals surface area contributed by atoms with Gasteiger partial charge in [-0.3, -0.25) is 19.3 Å². The fourth-order valence-electron chi connectivity index (χ4n) is 2.54. The molecule has 1 aliphatic heterocycles. The maximum atomic E-state index is 11.0. The number of carbonyl (C=O) groups is 1. The molecule has 1 N–H and O–H groups in total. The molecule has 1 fully saturated rings. The molecule has 0 radical (unpaired) electrons. The highest BCUT2D eigenvalue weighted by Gasteiger charge is 2.26. The van der Waals surface area contributed by atoms with Crippen molar-refractivity contribution in [2.45, 2.75) is 26.4 Å². The summed E-state index contributed by atoms with van der Waals surface area (Å²) in [5.41, 5.74) is 2.02. The third-order valence-corrected chi connectivity index (χ3v) is 4.44. The fourth-order valence-corrected chi connectivity index (χ4v) is 2.78. The molecular weight excluding hydrogens is 280 g/mol. The average molecular weight is 301 g/mol. The van der Waals surface area contributed by atoms with E-state index >= 15 is 0 Å². The SMILES string of the molecule is Cc1nn(C)c(Cl)c1CN1CCN(C(C)C(=O)O)CC1. The molecule has 0 aromatic carbocycles. The molecule has 1 saturated heterocycles. The molecular formula is C13H21ClN4O2. The summed E-state index contributed by atoms with van der Waals surface area (Å²) in [5, 5.41) is 14.0. The number of piperazine rings is 1. The number of hydrogen-bond acceptors (Lipinski definition) is 4. The number of hydrogen-bond donors (Lipinski definition) is 1. The molecule has 0 bridgehead atoms. The number of carboxylic acids is 1. The molecule has 1 aromatic heterocycles. The first kappa shape index (κ1) is 15.3. The van der Waals surface area contributed by atoms with Gasteiger partial charge in [-0.15, -0.1) is 0 Å². The van der Waals surface area contributed by atoms with Gasteiger partial charge in [0.1, 0.15) is 11.2 Å². The van der Waals surface area contributed by atoms with E-state index in [-0.39, 0.29) is 0 Å². The smallest absolute Gasteiger partial charge is 0.320 e. The van der Waals surface area contributed by atoms with E-state index in [0.717, 1.165) is 44.0 Å². The van der Waals surface area contributed by atoms with Gasteiger partial charge in [0.2, 0.25) is 0 Å². The Morgan fingerprint density at radius 2 is 2.00 bits per heavy atom. The van der Waals surface area contributed by atoms with Crippen LogP contribution in [-0.2, 0) is 18.4 Å². The van der Waals surface area contributed by atoms with Crippen LogP contribution in [-0.4, -0.2) is 62.9 Å². The molecule has 2 rings (SSSR count). The lowest BCUT2D eigenvalue weighted by molar-refractivity contribution is -0.143. The second-order valence-corrected chi connectivity index (χ2v) is 5.66. The van der Waals surface area contributed by atoms with E-state index in [9.17, 15) is 4.79 Å². The zero-order valence-corrected chi connectivity index (χ0v) is 12.9. The predicted molar refractivity (Wildman–Crippen MR) is 76.9 cm³/mol. The van der Waals surface area contributed by atoms with Crippen LogP contribution in [0.2, 0.25) is 5.15 Å². The maximum Gasteiger partial charge on any atom is 0.320 e. The third kappa shape index (κ3) is 3.13. The number of aliphatic carboxylic acids is 1. The molecule has 1 aromatic rings. The number of rotatable bonds is 4. The Balaban J connectivity index is 1.93. The van der Waals surface area contributed by atoms with Crippen molar-refractivity contribution in [1.82, 2.24) is 19.6 Å². The highest BCUT2D eigenvalue weighted by molar-refractivity contribution is 6.30. The second kappa shape index (κ2) is 6.11. The van der Waals surface area contributed by atoms with Gasteiger partial charge >= 0.3 is 5.97 Å². The molecule has 2 heterocycles. The summed E-state index contributed by atoms with van der Waals surface area (Å²) in [6.45, 7) is 7.71. The topological polar surface area (TPSA) is 61.6 Å². The second-order valence-electron chi connectivity index (χ2n) is 5.30. The Labute approximate surface area is 123 Å². The first-order valence-corrected chi connectivity index (χ1v) is 7.15. The van der Waals surface area contributed by atoms with Gasteiger partial charge in [0.15, 0.2) is 0 Å². The van der Waals surface area contributed by atoms with E-state index in [4.69, 9.17) is 16.7 Å². The number of halogens is 1. The number of aryl methyl sites for hydroxylation is 2. The molecule has 0 spiro atoms. The Morgan fingerprint density at radius 3 is 2.45 bits per heavy atom. The number of aromatic nitrogens is 2. The summed E-state index contributed by atoms with van der Waals surface area (Å²) in [5.74, 6) is -0.760. The van der Waals surface area contributed by atoms with E-state index in [0.29, 0.717) is 5.15 Å². The van der Waals surface area contributed by atoms with E-state index in [2.05, 4.69) is 10.00 Å². The molecule has 7 heteroatoms. The Bertz CT molecular complexity index is 495. The van der Waals surface area contributed by atoms with Crippen LogP contribution in [0, 0.1) is 6.92 Å². The van der Waals surface area contributed by atoms with Crippen molar-refractivity contribution in [2.24, 2.45) is 7.05 Å². The summed E-state index contributed by atoms with van der Waals surface area (Å²) in [6, 6.07) is -0.416. The van der Waals surface area contributed by atoms with Crippen LogP contribution in [0.1, 0.15) is 18.2 Å². The minimum atomic E-state index is -0.760. The van der Waals surface area contributed by atoms with Gasteiger partial charge in [0.05, 0.1) is 5.69 Å². The molecule has 112 valence electrons. The molecule has 1 unspecified atom stereocenters. The largest absolute Gasteiger partial charge is 0.480 e. The Kier molecular flexibility index (Phi) is 4.67. The van der Waals surface area contributed by atoms with Gasteiger partial charge in [0.25, 0.3) is 0 Å². The predicted octanol–water partition coefficient (Wildman–Crippen LogP) is 0.973. The molecule has 20 heavy (non-hydrogen) atoms. The van der Waals surface area contributed by atoms with Crippen molar-refractivity contribution in [3.05, 3.63) is 16.4 Å². The number of carboxylic acid groups (broad SMARTS) is 1. The van der Waals surface area contributed by atoms with Crippen molar-refractivity contribution in [3.63, 3.8) is 0 Å². The van der Waals surface area contributed by atoms with Crippen molar-refractivity contribution in [3.8, 4) is 0 Å². The molecule has 0 saturated carbocycles. The summed E-state index contributed by atoms with van der Waals surface area (Å²) in [6.07, 6.45) is 0. The maximum absolute atomic E-state index is 11.0. The zero-order valence-electron chi connectivity index (χ0n) is 12.1. The van der Waals surface area contributed by atoms with Crippen LogP contribution < -0.4 is 0 Å². The standard InChI is InChI=1S/C13H21ClN4O2/c1-9-11(12(14)16(3)15-9)8-17-4-6-18(7-5-17)10(2)13(19)20/h10H,4-8H2,1-3H3,(H,19,20). The van der Waals surface area contributed by atoms with Crippen molar-refractivity contribution in [1.29, 1.82) is 0 Å². The molecule has 0 amide bonds. The minimum Gasteiger partial charge on any atom is -0.480 e. The lowest BCUT2D eigenvalue weighted by atomic mass is 10.2. The Hall–Kier alpha value is -1.11. The Morgan fingerprint density at radius 1 is 1.40 bits per heavy atom.